The largest absolute Gasteiger partial charge is 0.455 e. The summed E-state index contributed by atoms with van der Waals surface area (Å²) in [6, 6.07) is 12.8. The standard InChI is InChI=1S/C20H21Cl2NO3/c1-3-18(14-9-7-13(2)8-10-14)23-19(24)12-26-20(25)11-15-16(21)5-4-6-17(15)22/h4-10,18H,3,11-12H2,1-2H3,(H,23,24)/t18-/m1/s1. The molecule has 0 bridgehead atoms. The number of amides is 1. The molecule has 0 aliphatic carbocycles. The second-order valence-electron chi connectivity index (χ2n) is 5.98. The maximum Gasteiger partial charge on any atom is 0.310 e. The van der Waals surface area contributed by atoms with E-state index in [2.05, 4.69) is 5.32 Å². The molecule has 1 atom stereocenters. The Balaban J connectivity index is 1.87. The molecule has 0 saturated heterocycles. The molecule has 1 N–H and O–H groups in total. The number of ether oxygens (including phenoxy) is 1. The van der Waals surface area contributed by atoms with Crippen LogP contribution in [0.3, 0.4) is 0 Å². The van der Waals surface area contributed by atoms with Crippen LogP contribution in [0.2, 0.25) is 10.0 Å². The second-order valence-corrected chi connectivity index (χ2v) is 6.79. The molecule has 0 saturated carbocycles. The maximum absolute atomic E-state index is 12.1. The van der Waals surface area contributed by atoms with Crippen LogP contribution < -0.4 is 5.32 Å². The van der Waals surface area contributed by atoms with Crippen molar-refractivity contribution in [1.29, 1.82) is 0 Å². The zero-order valence-electron chi connectivity index (χ0n) is 14.7. The van der Waals surface area contributed by atoms with Gasteiger partial charge in [-0.05, 0) is 31.0 Å². The fourth-order valence-corrected chi connectivity index (χ4v) is 3.03. The molecule has 1 amide bonds. The van der Waals surface area contributed by atoms with Crippen LogP contribution in [0.25, 0.3) is 0 Å². The van der Waals surface area contributed by atoms with Gasteiger partial charge in [-0.25, -0.2) is 0 Å². The molecule has 2 rings (SSSR count). The lowest BCUT2D eigenvalue weighted by Crippen LogP contribution is -2.32. The van der Waals surface area contributed by atoms with Crippen molar-refractivity contribution in [3.8, 4) is 0 Å². The average molecular weight is 394 g/mol. The second kappa shape index (κ2) is 9.60. The van der Waals surface area contributed by atoms with Gasteiger partial charge < -0.3 is 10.1 Å². The van der Waals surface area contributed by atoms with Crippen molar-refractivity contribution in [2.75, 3.05) is 6.61 Å². The number of carbonyl (C=O) groups excluding carboxylic acids is 2. The maximum atomic E-state index is 12.1. The lowest BCUT2D eigenvalue weighted by Gasteiger charge is -2.17. The van der Waals surface area contributed by atoms with E-state index < -0.39 is 5.97 Å². The Morgan fingerprint density at radius 3 is 2.27 bits per heavy atom. The van der Waals surface area contributed by atoms with Gasteiger partial charge in [-0.15, -0.1) is 0 Å². The summed E-state index contributed by atoms with van der Waals surface area (Å²) in [5, 5.41) is 3.66. The van der Waals surface area contributed by atoms with Gasteiger partial charge in [0.25, 0.3) is 5.91 Å². The number of halogens is 2. The Morgan fingerprint density at radius 2 is 1.69 bits per heavy atom. The first kappa shape index (κ1) is 20.3. The van der Waals surface area contributed by atoms with E-state index in [1.54, 1.807) is 18.2 Å². The van der Waals surface area contributed by atoms with Crippen LogP contribution >= 0.6 is 23.2 Å². The van der Waals surface area contributed by atoms with Crippen LogP contribution in [0, 0.1) is 6.92 Å². The van der Waals surface area contributed by atoms with E-state index in [1.807, 2.05) is 38.1 Å². The van der Waals surface area contributed by atoms with Crippen LogP contribution in [0.1, 0.15) is 36.1 Å². The van der Waals surface area contributed by atoms with Gasteiger partial charge in [0.15, 0.2) is 6.61 Å². The molecule has 26 heavy (non-hydrogen) atoms. The number of benzene rings is 2. The van der Waals surface area contributed by atoms with E-state index in [9.17, 15) is 9.59 Å². The average Bonchev–Trinajstić information content (AvgIpc) is 2.62. The number of hydrogen-bond donors (Lipinski definition) is 1. The fraction of sp³-hybridized carbons (Fsp3) is 0.300. The number of aryl methyl sites for hydroxylation is 1. The van der Waals surface area contributed by atoms with Crippen molar-refractivity contribution in [3.63, 3.8) is 0 Å². The first-order valence-electron chi connectivity index (χ1n) is 8.35. The molecular formula is C20H21Cl2NO3. The molecule has 0 fully saturated rings. The van der Waals surface area contributed by atoms with E-state index in [1.165, 1.54) is 0 Å². The monoisotopic (exact) mass is 393 g/mol. The summed E-state index contributed by atoms with van der Waals surface area (Å²) in [7, 11) is 0. The summed E-state index contributed by atoms with van der Waals surface area (Å²) < 4.78 is 5.05. The lowest BCUT2D eigenvalue weighted by atomic mass is 10.0. The molecule has 0 heterocycles. The summed E-state index contributed by atoms with van der Waals surface area (Å²) in [5.74, 6) is -0.908. The molecular weight excluding hydrogens is 373 g/mol. The molecule has 138 valence electrons. The third kappa shape index (κ3) is 5.75. The first-order chi connectivity index (χ1) is 12.4. The highest BCUT2D eigenvalue weighted by molar-refractivity contribution is 6.36. The molecule has 0 aromatic heterocycles. The quantitative estimate of drug-likeness (QED) is 0.696. The Morgan fingerprint density at radius 1 is 1.08 bits per heavy atom. The van der Waals surface area contributed by atoms with Gasteiger partial charge in [0, 0.05) is 15.6 Å². The summed E-state index contributed by atoms with van der Waals surface area (Å²) in [5.41, 5.74) is 2.66. The molecule has 6 heteroatoms. The molecule has 0 aliphatic heterocycles. The smallest absolute Gasteiger partial charge is 0.310 e. The van der Waals surface area contributed by atoms with E-state index in [4.69, 9.17) is 27.9 Å². The van der Waals surface area contributed by atoms with E-state index in [-0.39, 0.29) is 25.0 Å². The third-order valence-corrected chi connectivity index (χ3v) is 4.68. The molecule has 0 unspecified atom stereocenters. The van der Waals surface area contributed by atoms with E-state index >= 15 is 0 Å². The van der Waals surface area contributed by atoms with Gasteiger partial charge in [-0.3, -0.25) is 9.59 Å². The van der Waals surface area contributed by atoms with Crippen LogP contribution in [0.15, 0.2) is 42.5 Å². The Bertz CT molecular complexity index is 755. The zero-order valence-corrected chi connectivity index (χ0v) is 16.2. The predicted molar refractivity (Wildman–Crippen MR) is 103 cm³/mol. The van der Waals surface area contributed by atoms with Gasteiger partial charge in [-0.1, -0.05) is 66.0 Å². The first-order valence-corrected chi connectivity index (χ1v) is 9.10. The highest BCUT2D eigenvalue weighted by Crippen LogP contribution is 2.25. The summed E-state index contributed by atoms with van der Waals surface area (Å²) in [6.45, 7) is 3.65. The van der Waals surface area contributed by atoms with Gasteiger partial charge >= 0.3 is 5.97 Å². The number of rotatable bonds is 7. The zero-order chi connectivity index (χ0) is 19.1. The van der Waals surface area contributed by atoms with Crippen molar-refractivity contribution in [2.24, 2.45) is 0 Å². The highest BCUT2D eigenvalue weighted by atomic mass is 35.5. The van der Waals surface area contributed by atoms with E-state index in [0.29, 0.717) is 15.6 Å². The van der Waals surface area contributed by atoms with Gasteiger partial charge in [0.05, 0.1) is 12.5 Å². The number of carbonyl (C=O) groups is 2. The molecule has 0 spiro atoms. The third-order valence-electron chi connectivity index (χ3n) is 3.97. The lowest BCUT2D eigenvalue weighted by molar-refractivity contribution is -0.148. The normalized spacial score (nSPS) is 11.7. The number of hydrogen-bond acceptors (Lipinski definition) is 3. The van der Waals surface area contributed by atoms with Gasteiger partial charge in [0.1, 0.15) is 0 Å². The van der Waals surface area contributed by atoms with Gasteiger partial charge in [-0.2, -0.15) is 0 Å². The van der Waals surface area contributed by atoms with Crippen molar-refractivity contribution in [2.45, 2.75) is 32.7 Å². The Hall–Kier alpha value is -2.04. The fourth-order valence-electron chi connectivity index (χ4n) is 2.50. The van der Waals surface area contributed by atoms with Crippen molar-refractivity contribution in [3.05, 3.63) is 69.2 Å². The van der Waals surface area contributed by atoms with Crippen molar-refractivity contribution >= 4 is 35.1 Å². The molecule has 4 nitrogen and oxygen atoms in total. The topological polar surface area (TPSA) is 55.4 Å². The van der Waals surface area contributed by atoms with Crippen LogP contribution in [0.5, 0.6) is 0 Å². The Kier molecular flexibility index (Phi) is 7.49. The van der Waals surface area contributed by atoms with Crippen molar-refractivity contribution < 1.29 is 14.3 Å². The number of esters is 1. The highest BCUT2D eigenvalue weighted by Gasteiger charge is 2.16. The molecule has 0 radical (unpaired) electrons. The van der Waals surface area contributed by atoms with Gasteiger partial charge in [0.2, 0.25) is 0 Å². The minimum absolute atomic E-state index is 0.0824. The molecule has 2 aromatic carbocycles. The predicted octanol–water partition coefficient (Wildman–Crippen LogP) is 4.66. The summed E-state index contributed by atoms with van der Waals surface area (Å²) >= 11 is 12.1. The summed E-state index contributed by atoms with van der Waals surface area (Å²) in [4.78, 5) is 24.1. The SMILES string of the molecule is CC[C@@H](NC(=O)COC(=O)Cc1c(Cl)cccc1Cl)c1ccc(C)cc1. The van der Waals surface area contributed by atoms with Crippen LogP contribution in [0.4, 0.5) is 0 Å². The van der Waals surface area contributed by atoms with Crippen LogP contribution in [-0.4, -0.2) is 18.5 Å². The number of nitrogens with one attached hydrogen (secondary N) is 1. The van der Waals surface area contributed by atoms with E-state index in [0.717, 1.165) is 17.5 Å². The summed E-state index contributed by atoms with van der Waals surface area (Å²) in [6.07, 6.45) is 0.652. The minimum atomic E-state index is -0.557. The minimum Gasteiger partial charge on any atom is -0.455 e. The Labute approximate surface area is 163 Å². The molecule has 0 aliphatic rings. The molecule has 2 aromatic rings. The van der Waals surface area contributed by atoms with Crippen LogP contribution in [-0.2, 0) is 20.7 Å². The van der Waals surface area contributed by atoms with Crippen molar-refractivity contribution in [1.82, 2.24) is 5.32 Å².